The van der Waals surface area contributed by atoms with E-state index in [-0.39, 0.29) is 22.4 Å². The maximum atomic E-state index is 12.7. The van der Waals surface area contributed by atoms with Gasteiger partial charge in [-0.3, -0.25) is 0 Å². The number of fused-ring (bicyclic) bond motifs is 1. The van der Waals surface area contributed by atoms with E-state index in [1.807, 2.05) is 51.1 Å². The molecule has 1 aromatic heterocycles. The van der Waals surface area contributed by atoms with Crippen LogP contribution in [0.4, 0.5) is 0 Å². The van der Waals surface area contributed by atoms with Gasteiger partial charge in [0.25, 0.3) is 0 Å². The number of esters is 1. The summed E-state index contributed by atoms with van der Waals surface area (Å²) in [6.07, 6.45) is 0. The van der Waals surface area contributed by atoms with Crippen LogP contribution < -0.4 is 4.74 Å². The Morgan fingerprint density at radius 3 is 2.03 bits per heavy atom. The first-order chi connectivity index (χ1) is 13.8. The lowest BCUT2D eigenvalue weighted by atomic mass is 9.86. The molecular weight excluding hydrogens is 406 g/mol. The first-order valence-corrected chi connectivity index (χ1v) is 9.95. The van der Waals surface area contributed by atoms with E-state index in [4.69, 9.17) is 15.3 Å². The van der Waals surface area contributed by atoms with Crippen LogP contribution in [0.5, 0.6) is 5.75 Å². The molecule has 7 nitrogen and oxygen atoms in total. The molecule has 0 atom stereocenters. The van der Waals surface area contributed by atoms with Crippen molar-refractivity contribution in [3.05, 3.63) is 51.0 Å². The standard InChI is InChI=1S/C20H13N5O2S2/c1-20(2,3)12-6-4-5-7-15(12)27-18(26)11(8-21)19-28-16-17(29-19)25-14(10-23)13(9-22)24-16/h4-7H,1-3H3. The van der Waals surface area contributed by atoms with Gasteiger partial charge in [0.1, 0.15) is 34.0 Å². The highest BCUT2D eigenvalue weighted by Crippen LogP contribution is 2.50. The number of benzene rings is 1. The molecule has 2 heterocycles. The highest BCUT2D eigenvalue weighted by molar-refractivity contribution is 8.24. The van der Waals surface area contributed by atoms with Crippen LogP contribution in [0.25, 0.3) is 0 Å². The van der Waals surface area contributed by atoms with Crippen LogP contribution in [0.2, 0.25) is 0 Å². The molecule has 1 aromatic carbocycles. The minimum atomic E-state index is -0.784. The number of carbonyl (C=O) groups excluding carboxylic acids is 1. The molecule has 0 radical (unpaired) electrons. The Morgan fingerprint density at radius 1 is 1.00 bits per heavy atom. The summed E-state index contributed by atoms with van der Waals surface area (Å²) in [5.41, 5.74) is 0.215. The largest absolute Gasteiger partial charge is 0.422 e. The third kappa shape index (κ3) is 4.09. The van der Waals surface area contributed by atoms with E-state index in [2.05, 4.69) is 9.97 Å². The number of para-hydroxylation sites is 1. The molecule has 9 heteroatoms. The molecule has 0 saturated heterocycles. The highest BCUT2D eigenvalue weighted by Gasteiger charge is 2.30. The molecule has 0 spiro atoms. The molecule has 0 unspecified atom stereocenters. The van der Waals surface area contributed by atoms with Gasteiger partial charge < -0.3 is 4.74 Å². The summed E-state index contributed by atoms with van der Waals surface area (Å²) in [6, 6.07) is 12.7. The fourth-order valence-electron chi connectivity index (χ4n) is 2.49. The zero-order chi connectivity index (χ0) is 21.2. The molecule has 1 aliphatic rings. The minimum absolute atomic E-state index is 0.0965. The second-order valence-corrected chi connectivity index (χ2v) is 9.13. The van der Waals surface area contributed by atoms with Gasteiger partial charge in [-0.1, -0.05) is 62.5 Å². The highest BCUT2D eigenvalue weighted by atomic mass is 32.2. The Labute approximate surface area is 176 Å². The maximum absolute atomic E-state index is 12.7. The SMILES string of the molecule is CC(C)(C)c1ccccc1OC(=O)C(C#N)=C1Sc2nc(C#N)c(C#N)nc2S1. The van der Waals surface area contributed by atoms with Crippen LogP contribution in [0, 0.1) is 34.0 Å². The van der Waals surface area contributed by atoms with Crippen molar-refractivity contribution >= 4 is 29.5 Å². The topological polar surface area (TPSA) is 123 Å². The van der Waals surface area contributed by atoms with Crippen molar-refractivity contribution in [3.63, 3.8) is 0 Å². The minimum Gasteiger partial charge on any atom is -0.422 e. The molecule has 29 heavy (non-hydrogen) atoms. The number of nitrogens with zero attached hydrogens (tertiary/aromatic N) is 5. The third-order valence-corrected chi connectivity index (χ3v) is 6.21. The Morgan fingerprint density at radius 2 is 1.55 bits per heavy atom. The van der Waals surface area contributed by atoms with E-state index in [9.17, 15) is 10.1 Å². The molecule has 3 rings (SSSR count). The fourth-order valence-corrected chi connectivity index (χ4v) is 4.74. The van der Waals surface area contributed by atoms with Gasteiger partial charge in [-0.15, -0.1) is 0 Å². The molecule has 0 N–H and O–H groups in total. The van der Waals surface area contributed by atoms with Gasteiger partial charge in [0.2, 0.25) is 0 Å². The number of rotatable bonds is 2. The molecular formula is C20H13N5O2S2. The van der Waals surface area contributed by atoms with Gasteiger partial charge in [-0.2, -0.15) is 15.8 Å². The lowest BCUT2D eigenvalue weighted by Gasteiger charge is -2.21. The zero-order valence-electron chi connectivity index (χ0n) is 15.7. The molecule has 0 aliphatic carbocycles. The average molecular weight is 419 g/mol. The van der Waals surface area contributed by atoms with E-state index in [0.717, 1.165) is 29.1 Å². The third-order valence-electron chi connectivity index (χ3n) is 3.84. The Bertz CT molecular complexity index is 1130. The number of aromatic nitrogens is 2. The molecule has 142 valence electrons. The van der Waals surface area contributed by atoms with Gasteiger partial charge in [0, 0.05) is 5.56 Å². The predicted molar refractivity (Wildman–Crippen MR) is 107 cm³/mol. The Kier molecular flexibility index (Phi) is 5.61. The van der Waals surface area contributed by atoms with Crippen molar-refractivity contribution in [2.45, 2.75) is 36.2 Å². The molecule has 0 fully saturated rings. The van der Waals surface area contributed by atoms with E-state index in [0.29, 0.717) is 20.0 Å². The Balaban J connectivity index is 1.94. The van der Waals surface area contributed by atoms with Crippen molar-refractivity contribution < 1.29 is 9.53 Å². The van der Waals surface area contributed by atoms with E-state index in [1.165, 1.54) is 0 Å². The van der Waals surface area contributed by atoms with Crippen LogP contribution in [0.1, 0.15) is 37.7 Å². The summed E-state index contributed by atoms with van der Waals surface area (Å²) >= 11 is 2.10. The second-order valence-electron chi connectivity index (χ2n) is 6.87. The summed E-state index contributed by atoms with van der Waals surface area (Å²) < 4.78 is 5.88. The lowest BCUT2D eigenvalue weighted by Crippen LogP contribution is -2.17. The van der Waals surface area contributed by atoms with Gasteiger partial charge in [0.15, 0.2) is 17.0 Å². The predicted octanol–water partition coefficient (Wildman–Crippen LogP) is 4.06. The molecule has 0 bridgehead atoms. The first-order valence-electron chi connectivity index (χ1n) is 8.32. The van der Waals surface area contributed by atoms with Crippen LogP contribution in [-0.2, 0) is 10.2 Å². The van der Waals surface area contributed by atoms with Gasteiger partial charge in [-0.25, -0.2) is 14.8 Å². The van der Waals surface area contributed by atoms with Crippen molar-refractivity contribution in [1.82, 2.24) is 9.97 Å². The van der Waals surface area contributed by atoms with Crippen molar-refractivity contribution in [3.8, 4) is 24.0 Å². The van der Waals surface area contributed by atoms with Crippen molar-refractivity contribution in [2.24, 2.45) is 0 Å². The van der Waals surface area contributed by atoms with E-state index >= 15 is 0 Å². The number of ether oxygens (including phenoxy) is 1. The second kappa shape index (κ2) is 7.97. The number of hydrogen-bond acceptors (Lipinski definition) is 9. The molecule has 0 amide bonds. The maximum Gasteiger partial charge on any atom is 0.356 e. The van der Waals surface area contributed by atoms with Crippen molar-refractivity contribution in [1.29, 1.82) is 15.8 Å². The van der Waals surface area contributed by atoms with Crippen LogP contribution in [0.3, 0.4) is 0 Å². The summed E-state index contributed by atoms with van der Waals surface area (Å²) in [5, 5.41) is 28.5. The summed E-state index contributed by atoms with van der Waals surface area (Å²) in [5.74, 6) is -0.397. The summed E-state index contributed by atoms with van der Waals surface area (Å²) in [4.78, 5) is 20.9. The van der Waals surface area contributed by atoms with E-state index in [1.54, 1.807) is 12.1 Å². The number of thioether (sulfide) groups is 2. The molecule has 1 aliphatic heterocycles. The summed E-state index contributed by atoms with van der Waals surface area (Å²) in [6.45, 7) is 6.00. The quantitative estimate of drug-likeness (QED) is 0.307. The van der Waals surface area contributed by atoms with Crippen molar-refractivity contribution in [2.75, 3.05) is 0 Å². The van der Waals surface area contributed by atoms with Crippen LogP contribution in [-0.4, -0.2) is 15.9 Å². The number of nitriles is 3. The van der Waals surface area contributed by atoms with Crippen LogP contribution in [0.15, 0.2) is 44.1 Å². The number of carbonyl (C=O) groups is 1. The van der Waals surface area contributed by atoms with Gasteiger partial charge >= 0.3 is 5.97 Å². The normalized spacial score (nSPS) is 12.3. The smallest absolute Gasteiger partial charge is 0.356 e. The zero-order valence-corrected chi connectivity index (χ0v) is 17.3. The molecule has 2 aromatic rings. The van der Waals surface area contributed by atoms with Gasteiger partial charge in [-0.05, 0) is 11.5 Å². The Hall–Kier alpha value is -3.32. The average Bonchev–Trinajstić information content (AvgIpc) is 3.09. The molecule has 0 saturated carbocycles. The summed E-state index contributed by atoms with van der Waals surface area (Å²) in [7, 11) is 0. The van der Waals surface area contributed by atoms with Gasteiger partial charge in [0.05, 0.1) is 4.24 Å². The number of hydrogen-bond donors (Lipinski definition) is 0. The van der Waals surface area contributed by atoms with E-state index < -0.39 is 5.97 Å². The fraction of sp³-hybridized carbons (Fsp3) is 0.200. The van der Waals surface area contributed by atoms with Crippen LogP contribution >= 0.6 is 23.5 Å². The monoisotopic (exact) mass is 419 g/mol. The first kappa shape index (κ1) is 20.4. The lowest BCUT2D eigenvalue weighted by molar-refractivity contribution is -0.129.